The van der Waals surface area contributed by atoms with Gasteiger partial charge in [0.1, 0.15) is 0 Å². The number of benzene rings is 1. The first-order chi connectivity index (χ1) is 7.74. The highest BCUT2D eigenvalue weighted by molar-refractivity contribution is 5.70. The first-order valence-electron chi connectivity index (χ1n) is 6.02. The van der Waals surface area contributed by atoms with E-state index in [9.17, 15) is 0 Å². The third kappa shape index (κ3) is 1.54. The van der Waals surface area contributed by atoms with E-state index in [1.165, 1.54) is 30.4 Å². The molecule has 0 saturated carbocycles. The van der Waals surface area contributed by atoms with Crippen LogP contribution in [0.25, 0.3) is 5.57 Å². The molecule has 0 aliphatic carbocycles. The maximum Gasteiger partial charge on any atom is 0.0320 e. The Morgan fingerprint density at radius 3 is 2.94 bits per heavy atom. The minimum absolute atomic E-state index is 0.648. The number of fused-ring (bicyclic) bond motifs is 2. The lowest BCUT2D eigenvalue weighted by atomic mass is 9.95. The van der Waals surface area contributed by atoms with Gasteiger partial charge in [0.25, 0.3) is 0 Å². The predicted octanol–water partition coefficient (Wildman–Crippen LogP) is 2.52. The van der Waals surface area contributed by atoms with E-state index in [4.69, 9.17) is 5.73 Å². The van der Waals surface area contributed by atoms with Crippen LogP contribution in [0.1, 0.15) is 24.8 Å². The molecule has 84 valence electrons. The summed E-state index contributed by atoms with van der Waals surface area (Å²) >= 11 is 0. The summed E-state index contributed by atoms with van der Waals surface area (Å²) in [6.07, 6.45) is 6.26. The van der Waals surface area contributed by atoms with Crippen LogP contribution in [0.3, 0.4) is 0 Å². The highest BCUT2D eigenvalue weighted by Gasteiger charge is 2.33. The molecule has 2 heterocycles. The monoisotopic (exact) mass is 214 g/mol. The van der Waals surface area contributed by atoms with Crippen LogP contribution >= 0.6 is 0 Å². The summed E-state index contributed by atoms with van der Waals surface area (Å²) in [6, 6.07) is 9.66. The van der Waals surface area contributed by atoms with Crippen molar-refractivity contribution in [3.63, 3.8) is 0 Å². The summed E-state index contributed by atoms with van der Waals surface area (Å²) in [7, 11) is 2.25. The van der Waals surface area contributed by atoms with Crippen LogP contribution in [0.5, 0.6) is 0 Å². The highest BCUT2D eigenvalue weighted by Crippen LogP contribution is 2.37. The van der Waals surface area contributed by atoms with Crippen molar-refractivity contribution in [2.24, 2.45) is 0 Å². The number of anilines is 1. The molecule has 16 heavy (non-hydrogen) atoms. The van der Waals surface area contributed by atoms with Crippen LogP contribution in [-0.2, 0) is 0 Å². The van der Waals surface area contributed by atoms with Gasteiger partial charge in [-0.2, -0.15) is 0 Å². The molecular weight excluding hydrogens is 196 g/mol. The molecule has 0 radical (unpaired) electrons. The highest BCUT2D eigenvalue weighted by atomic mass is 15.2. The summed E-state index contributed by atoms with van der Waals surface area (Å²) < 4.78 is 0. The molecule has 1 aromatic rings. The molecule has 0 aromatic heterocycles. The Morgan fingerprint density at radius 1 is 1.31 bits per heavy atom. The van der Waals surface area contributed by atoms with Gasteiger partial charge >= 0.3 is 0 Å². The number of hydrogen-bond donors (Lipinski definition) is 1. The molecule has 2 N–H and O–H groups in total. The Hall–Kier alpha value is -1.28. The van der Waals surface area contributed by atoms with Gasteiger partial charge in [0.05, 0.1) is 0 Å². The van der Waals surface area contributed by atoms with E-state index >= 15 is 0 Å². The summed E-state index contributed by atoms with van der Waals surface area (Å²) in [5.41, 5.74) is 9.50. The molecule has 2 aliphatic heterocycles. The van der Waals surface area contributed by atoms with Crippen molar-refractivity contribution in [1.82, 2.24) is 4.90 Å². The molecule has 0 amide bonds. The summed E-state index contributed by atoms with van der Waals surface area (Å²) in [5, 5.41) is 0. The van der Waals surface area contributed by atoms with Crippen molar-refractivity contribution in [3.05, 3.63) is 35.9 Å². The lowest BCUT2D eigenvalue weighted by molar-refractivity contribution is 0.264. The van der Waals surface area contributed by atoms with Gasteiger partial charge in [-0.3, -0.25) is 4.90 Å². The zero-order valence-electron chi connectivity index (χ0n) is 9.69. The van der Waals surface area contributed by atoms with Crippen molar-refractivity contribution in [2.45, 2.75) is 31.3 Å². The van der Waals surface area contributed by atoms with E-state index in [0.717, 1.165) is 11.7 Å². The summed E-state index contributed by atoms with van der Waals surface area (Å²) in [6.45, 7) is 0. The number of nitrogens with zero attached hydrogens (tertiary/aromatic N) is 1. The molecule has 3 rings (SSSR count). The van der Waals surface area contributed by atoms with Gasteiger partial charge in [-0.05, 0) is 49.6 Å². The molecule has 1 saturated heterocycles. The molecule has 0 spiro atoms. The molecule has 2 aliphatic rings. The predicted molar refractivity (Wildman–Crippen MR) is 68.0 cm³/mol. The topological polar surface area (TPSA) is 29.3 Å². The molecule has 1 aromatic carbocycles. The molecule has 2 atom stereocenters. The van der Waals surface area contributed by atoms with Gasteiger partial charge < -0.3 is 5.73 Å². The Bertz CT molecular complexity index is 436. The second kappa shape index (κ2) is 3.63. The number of nitrogen functional groups attached to an aromatic ring is 1. The zero-order chi connectivity index (χ0) is 11.1. The second-order valence-electron chi connectivity index (χ2n) is 4.99. The molecule has 2 bridgehead atoms. The number of rotatable bonds is 1. The third-order valence-corrected chi connectivity index (χ3v) is 4.00. The maximum absolute atomic E-state index is 5.84. The second-order valence-corrected chi connectivity index (χ2v) is 4.99. The standard InChI is InChI=1S/C14H18N2/c1-16-13-5-6-14(16)9-11(8-13)10-3-2-4-12(15)7-10/h2-4,7-8,13-14H,5-6,9,15H2,1H3. The quantitative estimate of drug-likeness (QED) is 0.728. The largest absolute Gasteiger partial charge is 0.399 e. The fourth-order valence-electron chi connectivity index (χ4n) is 2.99. The van der Waals surface area contributed by atoms with E-state index in [2.05, 4.69) is 30.2 Å². The van der Waals surface area contributed by atoms with Crippen LogP contribution < -0.4 is 5.73 Å². The van der Waals surface area contributed by atoms with Crippen LogP contribution in [0.15, 0.2) is 30.3 Å². The van der Waals surface area contributed by atoms with Crippen molar-refractivity contribution in [3.8, 4) is 0 Å². The third-order valence-electron chi connectivity index (χ3n) is 4.00. The Kier molecular flexibility index (Phi) is 2.25. The molecule has 2 heteroatoms. The van der Waals surface area contributed by atoms with Gasteiger partial charge in [0, 0.05) is 17.8 Å². The van der Waals surface area contributed by atoms with Gasteiger partial charge in [0.2, 0.25) is 0 Å². The Balaban J connectivity index is 1.95. The van der Waals surface area contributed by atoms with E-state index in [1.807, 2.05) is 12.1 Å². The normalized spacial score (nSPS) is 29.2. The van der Waals surface area contributed by atoms with Crippen LogP contribution in [0, 0.1) is 0 Å². The minimum Gasteiger partial charge on any atom is -0.399 e. The van der Waals surface area contributed by atoms with E-state index in [0.29, 0.717) is 6.04 Å². The SMILES string of the molecule is CN1C2C=C(c3cccc(N)c3)CC1CC2. The average Bonchev–Trinajstić information content (AvgIpc) is 2.53. The van der Waals surface area contributed by atoms with E-state index in [-0.39, 0.29) is 0 Å². The lowest BCUT2D eigenvalue weighted by Gasteiger charge is -2.30. The van der Waals surface area contributed by atoms with Gasteiger partial charge in [-0.15, -0.1) is 0 Å². The van der Waals surface area contributed by atoms with Crippen LogP contribution in [0.4, 0.5) is 5.69 Å². The fraction of sp³-hybridized carbons (Fsp3) is 0.429. The molecular formula is C14H18N2. The smallest absolute Gasteiger partial charge is 0.0320 e. The fourth-order valence-corrected chi connectivity index (χ4v) is 2.99. The summed E-state index contributed by atoms with van der Waals surface area (Å²) in [4.78, 5) is 2.51. The average molecular weight is 214 g/mol. The molecule has 2 nitrogen and oxygen atoms in total. The number of likely N-dealkylation sites (N-methyl/N-ethyl adjacent to an activating group) is 1. The molecule has 2 unspecified atom stereocenters. The van der Waals surface area contributed by atoms with Gasteiger partial charge in [0.15, 0.2) is 0 Å². The van der Waals surface area contributed by atoms with Crippen LogP contribution in [0.2, 0.25) is 0 Å². The minimum atomic E-state index is 0.648. The first kappa shape index (κ1) is 9.91. The first-order valence-corrected chi connectivity index (χ1v) is 6.02. The zero-order valence-corrected chi connectivity index (χ0v) is 9.69. The van der Waals surface area contributed by atoms with Crippen molar-refractivity contribution < 1.29 is 0 Å². The Labute approximate surface area is 96.7 Å². The van der Waals surface area contributed by atoms with Gasteiger partial charge in [-0.25, -0.2) is 0 Å². The summed E-state index contributed by atoms with van der Waals surface area (Å²) in [5.74, 6) is 0. The lowest BCUT2D eigenvalue weighted by Crippen LogP contribution is -2.34. The Morgan fingerprint density at radius 2 is 2.19 bits per heavy atom. The van der Waals surface area contributed by atoms with Crippen molar-refractivity contribution in [2.75, 3.05) is 12.8 Å². The number of hydrogen-bond acceptors (Lipinski definition) is 2. The van der Waals surface area contributed by atoms with Crippen LogP contribution in [-0.4, -0.2) is 24.0 Å². The molecule has 1 fully saturated rings. The van der Waals surface area contributed by atoms with Crippen molar-refractivity contribution >= 4 is 11.3 Å². The van der Waals surface area contributed by atoms with Gasteiger partial charge in [-0.1, -0.05) is 18.2 Å². The van der Waals surface area contributed by atoms with Crippen molar-refractivity contribution in [1.29, 1.82) is 0 Å². The van der Waals surface area contributed by atoms with E-state index in [1.54, 1.807) is 0 Å². The maximum atomic E-state index is 5.84. The number of nitrogens with two attached hydrogens (primary N) is 1. The van der Waals surface area contributed by atoms with E-state index < -0.39 is 0 Å².